The van der Waals surface area contributed by atoms with Gasteiger partial charge in [-0.15, -0.1) is 0 Å². The van der Waals surface area contributed by atoms with Crippen LogP contribution in [0.4, 0.5) is 5.69 Å². The van der Waals surface area contributed by atoms with Gasteiger partial charge in [0.15, 0.2) is 0 Å². The summed E-state index contributed by atoms with van der Waals surface area (Å²) in [5.74, 6) is 0. The molecule has 2 heteroatoms. The van der Waals surface area contributed by atoms with Crippen LogP contribution < -0.4 is 4.90 Å². The number of alkyl halides is 1. The van der Waals surface area contributed by atoms with Gasteiger partial charge in [-0.05, 0) is 37.3 Å². The number of nitrogens with zero attached hydrogens (tertiary/aromatic N) is 1. The minimum atomic E-state index is 1.04. The maximum Gasteiger partial charge on any atom is 0.0439 e. The average molecular weight is 294 g/mol. The summed E-state index contributed by atoms with van der Waals surface area (Å²) in [6.45, 7) is 2.42. The number of anilines is 1. The van der Waals surface area contributed by atoms with Crippen molar-refractivity contribution in [3.63, 3.8) is 0 Å². The Balaban J connectivity index is 2.14. The molecule has 0 radical (unpaired) electrons. The summed E-state index contributed by atoms with van der Waals surface area (Å²) in [5.41, 5.74) is 2.76. The molecule has 1 aliphatic heterocycles. The lowest BCUT2D eigenvalue weighted by molar-refractivity contribution is 0.577. The van der Waals surface area contributed by atoms with Gasteiger partial charge in [-0.3, -0.25) is 0 Å². The summed E-state index contributed by atoms with van der Waals surface area (Å²) in [4.78, 5) is 2.53. The van der Waals surface area contributed by atoms with Crippen LogP contribution in [0.1, 0.15) is 31.2 Å². The molecule has 1 saturated heterocycles. The van der Waals surface area contributed by atoms with Crippen LogP contribution in [-0.4, -0.2) is 18.4 Å². The normalized spacial score (nSPS) is 16.6. The van der Waals surface area contributed by atoms with Crippen molar-refractivity contribution < 1.29 is 0 Å². The highest BCUT2D eigenvalue weighted by molar-refractivity contribution is 9.09. The fourth-order valence-electron chi connectivity index (χ4n) is 2.32. The Hall–Kier alpha value is -0.760. The molecule has 2 rings (SSSR count). The van der Waals surface area contributed by atoms with Crippen LogP contribution in [0.2, 0.25) is 0 Å². The summed E-state index contributed by atoms with van der Waals surface area (Å²) in [6, 6.07) is 8.74. The Morgan fingerprint density at radius 1 is 1.12 bits per heavy atom. The second-order valence-electron chi connectivity index (χ2n) is 4.49. The smallest absolute Gasteiger partial charge is 0.0439 e. The first kappa shape index (κ1) is 12.7. The van der Waals surface area contributed by atoms with Crippen molar-refractivity contribution in [1.82, 2.24) is 0 Å². The molecule has 0 saturated carbocycles. The summed E-state index contributed by atoms with van der Waals surface area (Å²) >= 11 is 3.46. The third-order valence-corrected chi connectivity index (χ3v) is 3.66. The molecule has 1 aromatic carbocycles. The van der Waals surface area contributed by atoms with Crippen LogP contribution in [0.5, 0.6) is 0 Å². The van der Waals surface area contributed by atoms with Crippen molar-refractivity contribution >= 4 is 27.7 Å². The molecule has 0 amide bonds. The van der Waals surface area contributed by atoms with Crippen LogP contribution in [-0.2, 0) is 0 Å². The third-order valence-electron chi connectivity index (χ3n) is 3.21. The molecular weight excluding hydrogens is 274 g/mol. The first-order valence-corrected chi connectivity index (χ1v) is 7.60. The van der Waals surface area contributed by atoms with E-state index in [1.807, 2.05) is 0 Å². The monoisotopic (exact) mass is 293 g/mol. The van der Waals surface area contributed by atoms with E-state index in [0.29, 0.717) is 0 Å². The van der Waals surface area contributed by atoms with E-state index >= 15 is 0 Å². The van der Waals surface area contributed by atoms with Crippen molar-refractivity contribution in [2.75, 3.05) is 23.3 Å². The number of rotatable bonds is 4. The number of para-hydroxylation sites is 1. The van der Waals surface area contributed by atoms with E-state index in [1.165, 1.54) is 43.6 Å². The summed E-state index contributed by atoms with van der Waals surface area (Å²) < 4.78 is 0. The second kappa shape index (κ2) is 6.85. The summed E-state index contributed by atoms with van der Waals surface area (Å²) in [5, 5.41) is 1.04. The van der Waals surface area contributed by atoms with E-state index in [9.17, 15) is 0 Å². The van der Waals surface area contributed by atoms with Gasteiger partial charge in [-0.25, -0.2) is 0 Å². The Morgan fingerprint density at radius 3 is 2.65 bits per heavy atom. The standard InChI is InChI=1S/C15H20BrN/c16-11-5-4-9-14-8-2-3-10-15(14)17-12-6-1-7-13-17/h2-4,8-10H,1,5-7,11-13H2. The van der Waals surface area contributed by atoms with Crippen LogP contribution in [0, 0.1) is 0 Å². The fourth-order valence-corrected chi connectivity index (χ4v) is 2.59. The van der Waals surface area contributed by atoms with Crippen molar-refractivity contribution in [2.45, 2.75) is 25.7 Å². The Labute approximate surface area is 113 Å². The van der Waals surface area contributed by atoms with E-state index in [1.54, 1.807) is 0 Å². The van der Waals surface area contributed by atoms with Gasteiger partial charge in [0.25, 0.3) is 0 Å². The highest BCUT2D eigenvalue weighted by Gasteiger charge is 2.12. The third kappa shape index (κ3) is 3.60. The molecule has 1 heterocycles. The maximum atomic E-state index is 3.46. The molecule has 0 aromatic heterocycles. The number of halogens is 1. The lowest BCUT2D eigenvalue weighted by atomic mass is 10.1. The Morgan fingerprint density at radius 2 is 1.88 bits per heavy atom. The van der Waals surface area contributed by atoms with Crippen LogP contribution in [0.25, 0.3) is 6.08 Å². The van der Waals surface area contributed by atoms with Crippen molar-refractivity contribution in [2.24, 2.45) is 0 Å². The minimum absolute atomic E-state index is 1.04. The molecular formula is C15H20BrN. The molecule has 17 heavy (non-hydrogen) atoms. The average Bonchev–Trinajstić information content (AvgIpc) is 2.41. The van der Waals surface area contributed by atoms with Gasteiger partial charge in [0.1, 0.15) is 0 Å². The van der Waals surface area contributed by atoms with E-state index in [-0.39, 0.29) is 0 Å². The Bertz CT molecular complexity index is 367. The molecule has 0 aliphatic carbocycles. The van der Waals surface area contributed by atoms with Gasteiger partial charge in [0.2, 0.25) is 0 Å². The highest BCUT2D eigenvalue weighted by atomic mass is 79.9. The van der Waals surface area contributed by atoms with Crippen molar-refractivity contribution in [3.8, 4) is 0 Å². The molecule has 92 valence electrons. The van der Waals surface area contributed by atoms with Crippen molar-refractivity contribution in [1.29, 1.82) is 0 Å². The molecule has 0 unspecified atom stereocenters. The molecule has 0 spiro atoms. The van der Waals surface area contributed by atoms with Gasteiger partial charge in [0.05, 0.1) is 0 Å². The van der Waals surface area contributed by atoms with Gasteiger partial charge >= 0.3 is 0 Å². The number of piperidine rings is 1. The number of hydrogen-bond acceptors (Lipinski definition) is 1. The molecule has 1 aliphatic rings. The lowest BCUT2D eigenvalue weighted by Gasteiger charge is -2.30. The first-order chi connectivity index (χ1) is 8.42. The summed E-state index contributed by atoms with van der Waals surface area (Å²) in [7, 11) is 0. The van der Waals surface area contributed by atoms with E-state index in [0.717, 1.165) is 11.8 Å². The van der Waals surface area contributed by atoms with Crippen LogP contribution in [0.15, 0.2) is 30.3 Å². The van der Waals surface area contributed by atoms with E-state index in [4.69, 9.17) is 0 Å². The number of benzene rings is 1. The maximum absolute atomic E-state index is 3.46. The van der Waals surface area contributed by atoms with Crippen LogP contribution >= 0.6 is 15.9 Å². The minimum Gasteiger partial charge on any atom is -0.371 e. The fraction of sp³-hybridized carbons (Fsp3) is 0.467. The summed E-state index contributed by atoms with van der Waals surface area (Å²) in [6.07, 6.45) is 9.65. The number of hydrogen-bond donors (Lipinski definition) is 0. The molecule has 1 aromatic rings. The number of allylic oxidation sites excluding steroid dienone is 1. The second-order valence-corrected chi connectivity index (χ2v) is 5.28. The molecule has 1 nitrogen and oxygen atoms in total. The molecule has 0 bridgehead atoms. The van der Waals surface area contributed by atoms with Gasteiger partial charge in [-0.1, -0.05) is 46.3 Å². The predicted molar refractivity (Wildman–Crippen MR) is 80.0 cm³/mol. The predicted octanol–water partition coefficient (Wildman–Crippen LogP) is 4.48. The van der Waals surface area contributed by atoms with Gasteiger partial charge in [0, 0.05) is 24.1 Å². The SMILES string of the molecule is BrCCC=Cc1ccccc1N1CCCCC1. The van der Waals surface area contributed by atoms with E-state index < -0.39 is 0 Å². The van der Waals surface area contributed by atoms with Crippen LogP contribution in [0.3, 0.4) is 0 Å². The molecule has 1 fully saturated rings. The van der Waals surface area contributed by atoms with Gasteiger partial charge < -0.3 is 4.90 Å². The Kier molecular flexibility index (Phi) is 5.11. The largest absolute Gasteiger partial charge is 0.371 e. The quantitative estimate of drug-likeness (QED) is 0.740. The zero-order chi connectivity index (χ0) is 11.9. The van der Waals surface area contributed by atoms with Gasteiger partial charge in [-0.2, -0.15) is 0 Å². The topological polar surface area (TPSA) is 3.24 Å². The molecule has 0 atom stereocenters. The zero-order valence-electron chi connectivity index (χ0n) is 10.2. The lowest BCUT2D eigenvalue weighted by Crippen LogP contribution is -2.29. The van der Waals surface area contributed by atoms with Crippen molar-refractivity contribution in [3.05, 3.63) is 35.9 Å². The first-order valence-electron chi connectivity index (χ1n) is 6.48. The van der Waals surface area contributed by atoms with E-state index in [2.05, 4.69) is 57.2 Å². The molecule has 0 N–H and O–H groups in total. The highest BCUT2D eigenvalue weighted by Crippen LogP contribution is 2.25. The zero-order valence-corrected chi connectivity index (χ0v) is 11.8.